The lowest BCUT2D eigenvalue weighted by atomic mass is 9.91. The van der Waals surface area contributed by atoms with Crippen molar-refractivity contribution in [1.29, 1.82) is 0 Å². The quantitative estimate of drug-likeness (QED) is 0.555. The molecule has 76 valence electrons. The number of carboxylic acids is 1. The van der Waals surface area contributed by atoms with Crippen molar-refractivity contribution < 1.29 is 9.90 Å². The predicted molar refractivity (Wildman–Crippen MR) is 57.3 cm³/mol. The maximum atomic E-state index is 11.1. The van der Waals surface area contributed by atoms with Crippen LogP contribution in [-0.2, 0) is 0 Å². The zero-order chi connectivity index (χ0) is 11.2. The molecule has 0 spiro atoms. The van der Waals surface area contributed by atoms with Gasteiger partial charge >= 0.3 is 5.97 Å². The number of aromatic nitrogens is 3. The van der Waals surface area contributed by atoms with Gasteiger partial charge in [0, 0.05) is 5.69 Å². The Bertz CT molecular complexity index is 563. The van der Waals surface area contributed by atoms with Gasteiger partial charge in [-0.15, -0.1) is 0 Å². The fraction of sp³-hybridized carbons (Fsp3) is 0.125. The molecule has 0 saturated heterocycles. The summed E-state index contributed by atoms with van der Waals surface area (Å²) >= 11 is 0. The summed E-state index contributed by atoms with van der Waals surface area (Å²) in [7, 11) is 1.73. The highest BCUT2D eigenvalue weighted by Crippen LogP contribution is 2.16. The fourth-order valence-corrected chi connectivity index (χ4v) is 1.63. The second kappa shape index (κ2) is 2.98. The van der Waals surface area contributed by atoms with Crippen LogP contribution < -0.4 is 11.2 Å². The summed E-state index contributed by atoms with van der Waals surface area (Å²) in [4.78, 5) is 14.9. The van der Waals surface area contributed by atoms with Crippen molar-refractivity contribution in [2.45, 2.75) is 6.92 Å². The Morgan fingerprint density at radius 3 is 2.93 bits per heavy atom. The molecule has 2 aromatic rings. The Hall–Kier alpha value is -2.05. The number of carbonyl (C=O) groups is 1. The molecule has 0 atom stereocenters. The van der Waals surface area contributed by atoms with Gasteiger partial charge < -0.3 is 10.8 Å². The highest BCUT2D eigenvalue weighted by Gasteiger charge is 2.20. The van der Waals surface area contributed by atoms with Crippen molar-refractivity contribution in [2.24, 2.45) is 0 Å². The maximum absolute atomic E-state index is 11.1. The van der Waals surface area contributed by atoms with E-state index in [0.29, 0.717) is 11.0 Å². The normalized spacial score (nSPS) is 10.7. The van der Waals surface area contributed by atoms with Crippen LogP contribution in [0.5, 0.6) is 0 Å². The summed E-state index contributed by atoms with van der Waals surface area (Å²) in [6, 6.07) is 0. The van der Waals surface area contributed by atoms with Crippen LogP contribution in [0.25, 0.3) is 5.52 Å². The lowest BCUT2D eigenvalue weighted by Gasteiger charge is -1.98. The van der Waals surface area contributed by atoms with Crippen molar-refractivity contribution in [3.63, 3.8) is 0 Å². The third-order valence-electron chi connectivity index (χ3n) is 2.50. The summed E-state index contributed by atoms with van der Waals surface area (Å²) in [5, 5.41) is 13.0. The van der Waals surface area contributed by atoms with Gasteiger partial charge in [-0.3, -0.25) is 0 Å². The molecule has 3 N–H and O–H groups in total. The second-order valence-electron chi connectivity index (χ2n) is 3.30. The number of nitrogen functional groups attached to an aromatic ring is 1. The average molecular weight is 204 g/mol. The van der Waals surface area contributed by atoms with Crippen LogP contribution in [0.15, 0.2) is 6.33 Å². The molecule has 0 aliphatic rings. The van der Waals surface area contributed by atoms with Crippen LogP contribution in [0.4, 0.5) is 5.82 Å². The van der Waals surface area contributed by atoms with Crippen molar-refractivity contribution in [3.05, 3.63) is 17.6 Å². The van der Waals surface area contributed by atoms with E-state index in [1.54, 1.807) is 14.8 Å². The standard InChI is InChI=1S/C8H9BN4O2/c1-3-5(9)4(8(14)15)6-7(10)11-2-12-13(3)6/h2H,9H2,1H3,(H,14,15)(H2,10,11,12). The molecule has 0 bridgehead atoms. The molecule has 0 saturated carbocycles. The smallest absolute Gasteiger partial charge is 0.337 e. The first-order chi connectivity index (χ1) is 7.04. The summed E-state index contributed by atoms with van der Waals surface area (Å²) in [6.45, 7) is 1.79. The topological polar surface area (TPSA) is 93.5 Å². The molecule has 0 aliphatic carbocycles. The first kappa shape index (κ1) is 9.51. The number of aryl methyl sites for hydroxylation is 1. The van der Waals surface area contributed by atoms with Crippen LogP contribution in [0.1, 0.15) is 16.1 Å². The van der Waals surface area contributed by atoms with E-state index in [1.807, 2.05) is 0 Å². The van der Waals surface area contributed by atoms with E-state index < -0.39 is 5.97 Å². The number of rotatable bonds is 1. The Morgan fingerprint density at radius 1 is 1.67 bits per heavy atom. The van der Waals surface area contributed by atoms with Crippen molar-refractivity contribution in [2.75, 3.05) is 5.73 Å². The van der Waals surface area contributed by atoms with Crippen molar-refractivity contribution in [1.82, 2.24) is 14.6 Å². The Morgan fingerprint density at radius 2 is 2.33 bits per heavy atom. The monoisotopic (exact) mass is 204 g/mol. The number of nitrogens with zero attached hydrogens (tertiary/aromatic N) is 3. The van der Waals surface area contributed by atoms with Crippen LogP contribution in [0.2, 0.25) is 0 Å². The Labute approximate surface area is 86.1 Å². The zero-order valence-corrected chi connectivity index (χ0v) is 8.35. The van der Waals surface area contributed by atoms with Gasteiger partial charge in [0.15, 0.2) is 5.82 Å². The van der Waals surface area contributed by atoms with E-state index in [0.717, 1.165) is 5.69 Å². The van der Waals surface area contributed by atoms with Gasteiger partial charge in [0.2, 0.25) is 0 Å². The highest BCUT2D eigenvalue weighted by molar-refractivity contribution is 6.38. The van der Waals surface area contributed by atoms with Gasteiger partial charge in [-0.05, 0) is 6.92 Å². The lowest BCUT2D eigenvalue weighted by Crippen LogP contribution is -2.14. The predicted octanol–water partition coefficient (Wildman–Crippen LogP) is -1.42. The first-order valence-electron chi connectivity index (χ1n) is 4.35. The molecule has 0 amide bonds. The number of fused-ring (bicyclic) bond motifs is 1. The molecule has 7 heteroatoms. The highest BCUT2D eigenvalue weighted by atomic mass is 16.4. The molecular formula is C8H9BN4O2. The Kier molecular flexibility index (Phi) is 1.89. The minimum absolute atomic E-state index is 0.172. The molecule has 15 heavy (non-hydrogen) atoms. The summed E-state index contributed by atoms with van der Waals surface area (Å²) in [5.41, 5.74) is 7.60. The summed E-state index contributed by atoms with van der Waals surface area (Å²) in [6.07, 6.45) is 1.31. The summed E-state index contributed by atoms with van der Waals surface area (Å²) in [5.74, 6) is -0.835. The zero-order valence-electron chi connectivity index (χ0n) is 8.35. The van der Waals surface area contributed by atoms with Gasteiger partial charge in [0.1, 0.15) is 19.7 Å². The molecule has 0 radical (unpaired) electrons. The van der Waals surface area contributed by atoms with Crippen LogP contribution in [0.3, 0.4) is 0 Å². The number of aromatic carboxylic acids is 1. The number of carboxylic acid groups (broad SMARTS) is 1. The molecule has 2 rings (SSSR count). The van der Waals surface area contributed by atoms with E-state index in [-0.39, 0.29) is 11.4 Å². The molecule has 6 nitrogen and oxygen atoms in total. The number of nitrogens with two attached hydrogens (primary N) is 1. The molecule has 0 aliphatic heterocycles. The fourth-order valence-electron chi connectivity index (χ4n) is 1.63. The van der Waals surface area contributed by atoms with Crippen molar-refractivity contribution in [3.8, 4) is 0 Å². The SMILES string of the molecule is Bc1c(C(=O)O)c2c(N)ncnn2c1C. The summed E-state index contributed by atoms with van der Waals surface area (Å²) < 4.78 is 1.50. The van der Waals surface area contributed by atoms with Gasteiger partial charge in [-0.1, -0.05) is 5.46 Å². The van der Waals surface area contributed by atoms with Crippen molar-refractivity contribution >= 4 is 30.6 Å². The molecular weight excluding hydrogens is 195 g/mol. The van der Waals surface area contributed by atoms with E-state index in [9.17, 15) is 4.79 Å². The van der Waals surface area contributed by atoms with Gasteiger partial charge in [0.05, 0.1) is 5.56 Å². The number of hydrogen-bond acceptors (Lipinski definition) is 4. The molecule has 2 aromatic heterocycles. The number of hydrogen-bond donors (Lipinski definition) is 2. The van der Waals surface area contributed by atoms with E-state index in [2.05, 4.69) is 10.1 Å². The van der Waals surface area contributed by atoms with Crippen LogP contribution in [-0.4, -0.2) is 33.5 Å². The molecule has 0 aromatic carbocycles. The Balaban J connectivity index is 3.02. The third kappa shape index (κ3) is 1.16. The van der Waals surface area contributed by atoms with Crippen LogP contribution >= 0.6 is 0 Å². The number of anilines is 1. The molecule has 2 heterocycles. The lowest BCUT2D eigenvalue weighted by molar-refractivity contribution is 0.0700. The van der Waals surface area contributed by atoms with Crippen LogP contribution in [0, 0.1) is 6.92 Å². The maximum Gasteiger partial charge on any atom is 0.337 e. The van der Waals surface area contributed by atoms with E-state index in [4.69, 9.17) is 10.8 Å². The third-order valence-corrected chi connectivity index (χ3v) is 2.50. The van der Waals surface area contributed by atoms with Gasteiger partial charge in [-0.2, -0.15) is 5.10 Å². The minimum atomic E-state index is -1.01. The van der Waals surface area contributed by atoms with Gasteiger partial charge in [-0.25, -0.2) is 14.3 Å². The van der Waals surface area contributed by atoms with E-state index in [1.165, 1.54) is 10.8 Å². The second-order valence-corrected chi connectivity index (χ2v) is 3.30. The average Bonchev–Trinajstić information content (AvgIpc) is 2.43. The molecule has 0 fully saturated rings. The largest absolute Gasteiger partial charge is 0.478 e. The van der Waals surface area contributed by atoms with Gasteiger partial charge in [0.25, 0.3) is 0 Å². The minimum Gasteiger partial charge on any atom is -0.478 e. The first-order valence-corrected chi connectivity index (χ1v) is 4.35. The van der Waals surface area contributed by atoms with E-state index >= 15 is 0 Å². The molecule has 0 unspecified atom stereocenters.